The zero-order chi connectivity index (χ0) is 30.9. The van der Waals surface area contributed by atoms with E-state index in [1.165, 1.54) is 65.5 Å². The molecule has 4 aliphatic rings. The number of hydrogen-bond donors (Lipinski definition) is 1. The van der Waals surface area contributed by atoms with Crippen LogP contribution in [0.4, 0.5) is 5.69 Å². The zero-order valence-corrected chi connectivity index (χ0v) is 27.6. The standard InChI is InChI=1S/C40H49NO3/c1-7-39(4)23-38(2,3)24-40(25-39)32-14-10-9-13-28(32)37-31-21-34(41-17-11-8-12-18-41)29(20-30(31)35(42)22-33(37)40)27-16-15-26(43-5)19-36(27)44-6/h10,14-16,19-22,42H,7-9,11-13,17-18,23-25H2,1-6H3. The molecule has 1 N–H and O–H groups in total. The number of phenols is 1. The summed E-state index contributed by atoms with van der Waals surface area (Å²) < 4.78 is 11.5. The van der Waals surface area contributed by atoms with Crippen LogP contribution < -0.4 is 14.4 Å². The van der Waals surface area contributed by atoms with Crippen molar-refractivity contribution < 1.29 is 14.6 Å². The third-order valence-electron chi connectivity index (χ3n) is 11.4. The van der Waals surface area contributed by atoms with Crippen LogP contribution in [0.5, 0.6) is 17.2 Å². The molecule has 3 aromatic carbocycles. The lowest BCUT2D eigenvalue weighted by Crippen LogP contribution is -2.45. The Morgan fingerprint density at radius 2 is 1.66 bits per heavy atom. The van der Waals surface area contributed by atoms with Gasteiger partial charge >= 0.3 is 0 Å². The van der Waals surface area contributed by atoms with Crippen molar-refractivity contribution in [1.29, 1.82) is 0 Å². The molecule has 1 saturated heterocycles. The fraction of sp³-hybridized carbons (Fsp3) is 0.500. The van der Waals surface area contributed by atoms with Crippen LogP contribution in [0.25, 0.3) is 27.5 Å². The molecule has 2 unspecified atom stereocenters. The third-order valence-corrected chi connectivity index (χ3v) is 11.4. The lowest BCUT2D eigenvalue weighted by Gasteiger charge is -2.53. The fourth-order valence-electron chi connectivity index (χ4n) is 9.81. The van der Waals surface area contributed by atoms with Crippen LogP contribution in [-0.4, -0.2) is 32.4 Å². The summed E-state index contributed by atoms with van der Waals surface area (Å²) in [5, 5.41) is 14.1. The van der Waals surface area contributed by atoms with Crippen molar-refractivity contribution >= 4 is 22.0 Å². The second-order valence-electron chi connectivity index (χ2n) is 15.1. The van der Waals surface area contributed by atoms with Gasteiger partial charge in [-0.25, -0.2) is 0 Å². The average Bonchev–Trinajstić information content (AvgIpc) is 3.27. The monoisotopic (exact) mass is 591 g/mol. The summed E-state index contributed by atoms with van der Waals surface area (Å²) in [5.41, 5.74) is 9.59. The average molecular weight is 592 g/mol. The van der Waals surface area contributed by atoms with Crippen LogP contribution in [-0.2, 0) is 5.41 Å². The molecule has 2 atom stereocenters. The minimum absolute atomic E-state index is 0.0665. The molecule has 1 aliphatic heterocycles. The SMILES string of the molecule is CCC1(C)CC(C)(C)CC2(C1)C1=C(CCC=C1)c1c2cc(O)c2cc(-c3ccc(OC)cc3OC)c(N3CCCCC3)cc12. The highest BCUT2D eigenvalue weighted by Crippen LogP contribution is 2.66. The fourth-order valence-corrected chi connectivity index (χ4v) is 9.81. The van der Waals surface area contributed by atoms with Crippen molar-refractivity contribution in [1.82, 2.24) is 0 Å². The molecular formula is C40H49NO3. The summed E-state index contributed by atoms with van der Waals surface area (Å²) >= 11 is 0. The molecule has 1 heterocycles. The number of hydrogen-bond acceptors (Lipinski definition) is 4. The van der Waals surface area contributed by atoms with Crippen molar-refractivity contribution in [3.63, 3.8) is 0 Å². The number of piperidine rings is 1. The minimum Gasteiger partial charge on any atom is -0.507 e. The Hall–Kier alpha value is -3.40. The van der Waals surface area contributed by atoms with E-state index in [9.17, 15) is 5.11 Å². The molecule has 232 valence electrons. The van der Waals surface area contributed by atoms with Gasteiger partial charge in [-0.2, -0.15) is 0 Å². The third kappa shape index (κ3) is 4.54. The molecule has 0 amide bonds. The van der Waals surface area contributed by atoms with Crippen molar-refractivity contribution in [3.8, 4) is 28.4 Å². The maximum absolute atomic E-state index is 12.0. The molecule has 0 bridgehead atoms. The maximum atomic E-state index is 12.0. The summed E-state index contributed by atoms with van der Waals surface area (Å²) in [5.74, 6) is 1.95. The van der Waals surface area contributed by atoms with Gasteiger partial charge in [-0.15, -0.1) is 0 Å². The van der Waals surface area contributed by atoms with Gasteiger partial charge in [0.15, 0.2) is 0 Å². The smallest absolute Gasteiger partial charge is 0.130 e. The van der Waals surface area contributed by atoms with Crippen LogP contribution >= 0.6 is 0 Å². The quantitative estimate of drug-likeness (QED) is 0.321. The number of anilines is 1. The second-order valence-corrected chi connectivity index (χ2v) is 15.1. The lowest BCUT2D eigenvalue weighted by atomic mass is 9.51. The first-order chi connectivity index (χ1) is 21.1. The zero-order valence-electron chi connectivity index (χ0n) is 27.6. The van der Waals surface area contributed by atoms with E-state index < -0.39 is 0 Å². The van der Waals surface area contributed by atoms with Gasteiger partial charge < -0.3 is 19.5 Å². The Morgan fingerprint density at radius 3 is 2.39 bits per heavy atom. The van der Waals surface area contributed by atoms with Gasteiger partial charge in [-0.3, -0.25) is 0 Å². The first kappa shape index (κ1) is 29.3. The van der Waals surface area contributed by atoms with Gasteiger partial charge in [0.1, 0.15) is 17.2 Å². The van der Waals surface area contributed by atoms with Crippen LogP contribution in [0.3, 0.4) is 0 Å². The molecule has 4 heteroatoms. The van der Waals surface area contributed by atoms with E-state index in [0.717, 1.165) is 66.8 Å². The largest absolute Gasteiger partial charge is 0.507 e. The summed E-state index contributed by atoms with van der Waals surface area (Å²) in [6.45, 7) is 11.9. The van der Waals surface area contributed by atoms with Gasteiger partial charge in [-0.1, -0.05) is 46.3 Å². The van der Waals surface area contributed by atoms with E-state index in [-0.39, 0.29) is 16.2 Å². The number of nitrogens with zero attached hydrogens (tertiary/aromatic N) is 1. The molecule has 0 radical (unpaired) electrons. The maximum Gasteiger partial charge on any atom is 0.130 e. The molecule has 0 aromatic heterocycles. The molecule has 3 aromatic rings. The number of rotatable bonds is 5. The van der Waals surface area contributed by atoms with Crippen LogP contribution in [0.15, 0.2) is 54.1 Å². The molecular weight excluding hydrogens is 542 g/mol. The molecule has 7 rings (SSSR count). The topological polar surface area (TPSA) is 41.9 Å². The normalized spacial score (nSPS) is 25.8. The van der Waals surface area contributed by atoms with Crippen molar-refractivity contribution in [2.75, 3.05) is 32.2 Å². The predicted molar refractivity (Wildman–Crippen MR) is 183 cm³/mol. The first-order valence-electron chi connectivity index (χ1n) is 16.8. The highest BCUT2D eigenvalue weighted by atomic mass is 16.5. The van der Waals surface area contributed by atoms with E-state index in [1.807, 2.05) is 12.1 Å². The predicted octanol–water partition coefficient (Wildman–Crippen LogP) is 10.2. The number of allylic oxidation sites excluding steroid dienone is 4. The number of aromatic hydroxyl groups is 1. The summed E-state index contributed by atoms with van der Waals surface area (Å²) in [4.78, 5) is 2.57. The highest BCUT2D eigenvalue weighted by Gasteiger charge is 2.55. The van der Waals surface area contributed by atoms with Crippen molar-refractivity contribution in [2.24, 2.45) is 10.8 Å². The molecule has 44 heavy (non-hydrogen) atoms. The Bertz CT molecular complexity index is 1690. The van der Waals surface area contributed by atoms with E-state index in [4.69, 9.17) is 9.47 Å². The molecule has 4 nitrogen and oxygen atoms in total. The Labute approximate surface area is 263 Å². The number of benzene rings is 3. The highest BCUT2D eigenvalue weighted by molar-refractivity contribution is 6.07. The molecule has 1 saturated carbocycles. The number of methoxy groups -OCH3 is 2. The van der Waals surface area contributed by atoms with E-state index in [1.54, 1.807) is 14.2 Å². The Morgan fingerprint density at radius 1 is 0.864 bits per heavy atom. The van der Waals surface area contributed by atoms with Crippen molar-refractivity contribution in [3.05, 3.63) is 65.3 Å². The minimum atomic E-state index is -0.0665. The molecule has 3 aliphatic carbocycles. The summed E-state index contributed by atoms with van der Waals surface area (Å²) in [6, 6.07) is 12.9. The van der Waals surface area contributed by atoms with E-state index in [2.05, 4.69) is 69.0 Å². The van der Waals surface area contributed by atoms with Gasteiger partial charge in [-0.05, 0) is 120 Å². The van der Waals surface area contributed by atoms with Gasteiger partial charge in [0.2, 0.25) is 0 Å². The second kappa shape index (κ2) is 10.6. The number of ether oxygens (including phenoxy) is 2. The van der Waals surface area contributed by atoms with Gasteiger partial charge in [0.05, 0.1) is 14.2 Å². The molecule has 1 spiro atoms. The van der Waals surface area contributed by atoms with E-state index >= 15 is 0 Å². The number of phenolic OH excluding ortho intramolecular Hbond substituents is 1. The summed E-state index contributed by atoms with van der Waals surface area (Å²) in [7, 11) is 3.42. The molecule has 2 fully saturated rings. The van der Waals surface area contributed by atoms with Gasteiger partial charge in [0.25, 0.3) is 0 Å². The summed E-state index contributed by atoms with van der Waals surface area (Å²) in [6.07, 6.45) is 15.3. The lowest BCUT2D eigenvalue weighted by molar-refractivity contribution is 0.0473. The Kier molecular flexibility index (Phi) is 7.06. The van der Waals surface area contributed by atoms with E-state index in [0.29, 0.717) is 5.75 Å². The Balaban J connectivity index is 1.53. The van der Waals surface area contributed by atoms with Gasteiger partial charge in [0, 0.05) is 46.8 Å². The van der Waals surface area contributed by atoms with Crippen LogP contribution in [0.1, 0.15) is 96.6 Å². The van der Waals surface area contributed by atoms with Crippen molar-refractivity contribution in [2.45, 2.75) is 90.9 Å². The van der Waals surface area contributed by atoms with Crippen LogP contribution in [0.2, 0.25) is 0 Å². The first-order valence-corrected chi connectivity index (χ1v) is 16.8. The van der Waals surface area contributed by atoms with Crippen LogP contribution in [0, 0.1) is 10.8 Å². The number of fused-ring (bicyclic) bond motifs is 6.